The molecule has 0 unspecified atom stereocenters. The number of H-pyrrole nitrogens is 1. The van der Waals surface area contributed by atoms with E-state index in [0.29, 0.717) is 32.2 Å². The highest BCUT2D eigenvalue weighted by Crippen LogP contribution is 2.24. The number of ether oxygens (including phenoxy) is 1. The number of amides is 5. The van der Waals surface area contributed by atoms with Gasteiger partial charge in [-0.05, 0) is 43.2 Å². The molecule has 3 saturated heterocycles. The molecule has 1 aromatic carbocycles. The Morgan fingerprint density at radius 2 is 1.86 bits per heavy atom. The molecule has 3 aliphatic rings. The number of nitrogens with zero attached hydrogens (tertiary/aromatic N) is 4. The molecule has 2 bridgehead atoms. The molecular weight excluding hydrogens is 644 g/mol. The van der Waals surface area contributed by atoms with Crippen LogP contribution in [0.1, 0.15) is 55.6 Å². The lowest BCUT2D eigenvalue weighted by Crippen LogP contribution is -2.60. The summed E-state index contributed by atoms with van der Waals surface area (Å²) in [5, 5.41) is 20.9. The van der Waals surface area contributed by atoms with E-state index >= 15 is 0 Å². The maximum absolute atomic E-state index is 14.4. The van der Waals surface area contributed by atoms with E-state index in [1.165, 1.54) is 28.4 Å². The number of aromatic nitrogens is 3. The molecule has 0 radical (unpaired) electrons. The van der Waals surface area contributed by atoms with E-state index in [1.54, 1.807) is 6.20 Å². The Kier molecular flexibility index (Phi) is 10.7. The minimum Gasteiger partial charge on any atom is -0.388 e. The van der Waals surface area contributed by atoms with E-state index in [4.69, 9.17) is 4.74 Å². The Morgan fingerprint density at radius 3 is 2.64 bits per heavy atom. The van der Waals surface area contributed by atoms with Crippen molar-refractivity contribution in [2.75, 3.05) is 26.2 Å². The zero-order valence-corrected chi connectivity index (χ0v) is 28.2. The number of para-hydroxylation sites is 1. The molecule has 266 valence electrons. The summed E-state index contributed by atoms with van der Waals surface area (Å²) in [5.41, 5.74) is 1.63. The van der Waals surface area contributed by atoms with Gasteiger partial charge in [-0.3, -0.25) is 29.0 Å². The van der Waals surface area contributed by atoms with Gasteiger partial charge in [0.15, 0.2) is 0 Å². The number of benzene rings is 1. The van der Waals surface area contributed by atoms with Gasteiger partial charge in [0, 0.05) is 49.1 Å². The Morgan fingerprint density at radius 1 is 1.04 bits per heavy atom. The van der Waals surface area contributed by atoms with Gasteiger partial charge in [0.05, 0.1) is 18.8 Å². The van der Waals surface area contributed by atoms with E-state index in [1.807, 2.05) is 38.1 Å². The van der Waals surface area contributed by atoms with Crippen molar-refractivity contribution in [3.8, 4) is 0 Å². The SMILES string of the molecule is CC(C)C[C@H]1NC(=O)[C@H]2CCCN2C(=O)[C@@H](Cc2c[nH]c3ccccc23)NC(=O)CN(C(=O)c2cnccn2)C[C@H]2OCC[C@H](NC1=O)[C@@H]2O. The van der Waals surface area contributed by atoms with E-state index < -0.39 is 72.5 Å². The molecule has 2 aromatic heterocycles. The van der Waals surface area contributed by atoms with Crippen LogP contribution in [0.2, 0.25) is 0 Å². The molecule has 3 aromatic rings. The summed E-state index contributed by atoms with van der Waals surface area (Å²) >= 11 is 0. The van der Waals surface area contributed by atoms with Gasteiger partial charge in [0.2, 0.25) is 23.6 Å². The normalized spacial score (nSPS) is 27.0. The van der Waals surface area contributed by atoms with Crippen LogP contribution in [0.4, 0.5) is 0 Å². The highest BCUT2D eigenvalue weighted by Gasteiger charge is 2.42. The number of nitrogens with one attached hydrogen (secondary N) is 4. The number of aliphatic hydroxyl groups is 1. The van der Waals surface area contributed by atoms with E-state index in [9.17, 15) is 29.1 Å². The van der Waals surface area contributed by atoms with E-state index in [0.717, 1.165) is 16.5 Å². The summed E-state index contributed by atoms with van der Waals surface area (Å²) in [4.78, 5) is 83.5. The van der Waals surface area contributed by atoms with Gasteiger partial charge in [-0.2, -0.15) is 0 Å². The minimum atomic E-state index is -1.24. The third-order valence-corrected chi connectivity index (χ3v) is 9.60. The number of hydrogen-bond acceptors (Lipinski definition) is 9. The van der Waals surface area contributed by atoms with Gasteiger partial charge in [-0.1, -0.05) is 32.0 Å². The maximum Gasteiger partial charge on any atom is 0.274 e. The van der Waals surface area contributed by atoms with Gasteiger partial charge in [-0.15, -0.1) is 0 Å². The molecule has 0 saturated carbocycles. The first-order chi connectivity index (χ1) is 24.1. The third-order valence-electron chi connectivity index (χ3n) is 9.60. The summed E-state index contributed by atoms with van der Waals surface area (Å²) in [6, 6.07) is 4.01. The monoisotopic (exact) mass is 688 g/mol. The van der Waals surface area contributed by atoms with E-state index in [-0.39, 0.29) is 31.2 Å². The molecule has 50 heavy (non-hydrogen) atoms. The molecular formula is C35H44N8O7. The third kappa shape index (κ3) is 7.78. The zero-order chi connectivity index (χ0) is 35.4. The highest BCUT2D eigenvalue weighted by molar-refractivity contribution is 5.97. The van der Waals surface area contributed by atoms with Crippen molar-refractivity contribution >= 4 is 40.4 Å². The minimum absolute atomic E-state index is 0.0196. The summed E-state index contributed by atoms with van der Waals surface area (Å²) in [6.45, 7) is 3.64. The maximum atomic E-state index is 14.4. The first-order valence-corrected chi connectivity index (χ1v) is 17.2. The number of rotatable bonds is 5. The molecule has 6 rings (SSSR count). The number of carbonyl (C=O) groups is 5. The van der Waals surface area contributed by atoms with Crippen LogP contribution in [0.3, 0.4) is 0 Å². The summed E-state index contributed by atoms with van der Waals surface area (Å²) < 4.78 is 5.88. The molecule has 5 heterocycles. The van der Waals surface area contributed by atoms with Gasteiger partial charge in [0.1, 0.15) is 42.6 Å². The molecule has 3 fully saturated rings. The van der Waals surface area contributed by atoms with Crippen LogP contribution in [0.15, 0.2) is 49.1 Å². The number of carbonyl (C=O) groups excluding carboxylic acids is 5. The Hall–Kier alpha value is -4.89. The van der Waals surface area contributed by atoms with Crippen molar-refractivity contribution in [1.29, 1.82) is 0 Å². The van der Waals surface area contributed by atoms with Crippen LogP contribution in [0.25, 0.3) is 10.9 Å². The predicted molar refractivity (Wildman–Crippen MR) is 180 cm³/mol. The average Bonchev–Trinajstić information content (AvgIpc) is 3.76. The lowest BCUT2D eigenvalue weighted by molar-refractivity contribution is -0.142. The summed E-state index contributed by atoms with van der Waals surface area (Å²) in [6.07, 6.45) is 5.34. The largest absolute Gasteiger partial charge is 0.388 e. The molecule has 3 aliphatic heterocycles. The van der Waals surface area contributed by atoms with Crippen LogP contribution in [-0.4, -0.2) is 122 Å². The second-order valence-electron chi connectivity index (χ2n) is 13.6. The van der Waals surface area contributed by atoms with Crippen LogP contribution < -0.4 is 16.0 Å². The van der Waals surface area contributed by atoms with Gasteiger partial charge in [0.25, 0.3) is 5.91 Å². The Bertz CT molecular complexity index is 1710. The first-order valence-electron chi connectivity index (χ1n) is 17.2. The fourth-order valence-corrected chi connectivity index (χ4v) is 7.09. The highest BCUT2D eigenvalue weighted by atomic mass is 16.5. The van der Waals surface area contributed by atoms with Gasteiger partial charge >= 0.3 is 0 Å². The van der Waals surface area contributed by atoms with Crippen molar-refractivity contribution in [2.45, 2.75) is 82.3 Å². The predicted octanol–water partition coefficient (Wildman–Crippen LogP) is 0.298. The van der Waals surface area contributed by atoms with Crippen molar-refractivity contribution in [1.82, 2.24) is 40.7 Å². The molecule has 5 amide bonds. The van der Waals surface area contributed by atoms with Crippen LogP contribution in [0.5, 0.6) is 0 Å². The summed E-state index contributed by atoms with van der Waals surface area (Å²) in [5.74, 6) is -2.57. The van der Waals surface area contributed by atoms with Crippen molar-refractivity contribution in [3.05, 3.63) is 60.3 Å². The number of fused-ring (bicyclic) bond motifs is 4. The number of aliphatic hydroxyl groups excluding tert-OH is 1. The lowest BCUT2D eigenvalue weighted by atomic mass is 9.97. The van der Waals surface area contributed by atoms with Gasteiger partial charge in [-0.25, -0.2) is 4.98 Å². The second kappa shape index (κ2) is 15.3. The van der Waals surface area contributed by atoms with Gasteiger partial charge < -0.3 is 40.6 Å². The van der Waals surface area contributed by atoms with Crippen molar-refractivity contribution < 1.29 is 33.8 Å². The zero-order valence-electron chi connectivity index (χ0n) is 28.2. The van der Waals surface area contributed by atoms with Crippen molar-refractivity contribution in [2.24, 2.45) is 5.92 Å². The Labute approximate surface area is 289 Å². The molecule has 0 aliphatic carbocycles. The fraction of sp³-hybridized carbons (Fsp3) is 0.514. The number of hydrogen-bond donors (Lipinski definition) is 5. The molecule has 0 spiro atoms. The quantitative estimate of drug-likeness (QED) is 0.250. The topological polar surface area (TPSA) is 199 Å². The smallest absolute Gasteiger partial charge is 0.274 e. The molecule has 15 heteroatoms. The van der Waals surface area contributed by atoms with Crippen LogP contribution >= 0.6 is 0 Å². The average molecular weight is 689 g/mol. The molecule has 5 N–H and O–H groups in total. The van der Waals surface area contributed by atoms with Crippen LogP contribution in [0, 0.1) is 5.92 Å². The lowest BCUT2D eigenvalue weighted by Gasteiger charge is -2.38. The second-order valence-corrected chi connectivity index (χ2v) is 13.6. The fourth-order valence-electron chi connectivity index (χ4n) is 7.09. The first kappa shape index (κ1) is 35.0. The standard InChI is InChI=1S/C35H44N8O7/c1-20(2)14-25-32(46)40-24-9-13-50-29(31(24)45)18-42(34(48)27-17-36-10-11-37-27)19-30(44)39-26(15-21-16-38-23-7-4-3-6-22(21)23)35(49)43-12-5-8-28(43)33(47)41-25/h3-4,6-7,10-11,16-17,20,24-26,28-29,31,38,45H,5,8-9,12-15,18-19H2,1-2H3,(H,39,44)(H,40,46)(H,41,47)/t24-,25+,26+,28+,29+,31-/m0/s1. The number of aromatic amines is 1. The van der Waals surface area contributed by atoms with E-state index in [2.05, 4.69) is 30.9 Å². The van der Waals surface area contributed by atoms with Crippen molar-refractivity contribution in [3.63, 3.8) is 0 Å². The molecule has 6 atom stereocenters. The van der Waals surface area contributed by atoms with Crippen LogP contribution in [-0.2, 0) is 30.3 Å². The Balaban J connectivity index is 1.37. The summed E-state index contributed by atoms with van der Waals surface area (Å²) in [7, 11) is 0. The molecule has 15 nitrogen and oxygen atoms in total.